The van der Waals surface area contributed by atoms with Crippen molar-refractivity contribution >= 4 is 17.8 Å². The molecule has 23 heavy (non-hydrogen) atoms. The van der Waals surface area contributed by atoms with Gasteiger partial charge in [-0.25, -0.2) is 4.79 Å². The van der Waals surface area contributed by atoms with Crippen LogP contribution in [0.5, 0.6) is 0 Å². The Balaban J connectivity index is 1.82. The number of rotatable bonds is 6. The highest BCUT2D eigenvalue weighted by Gasteiger charge is 2.17. The second-order valence-electron chi connectivity index (χ2n) is 5.50. The molecule has 0 aliphatic rings. The summed E-state index contributed by atoms with van der Waals surface area (Å²) in [5, 5.41) is 3.31. The summed E-state index contributed by atoms with van der Waals surface area (Å²) in [5.74, 6) is 0. The van der Waals surface area contributed by atoms with Gasteiger partial charge in [0.1, 0.15) is 0 Å². The standard InChI is InChI=1S/C18H23N3OS/c1-14(23-17-9-5-4-6-10-17)12-20-18(22)21(3)15(2)16-8-7-11-19-13-16/h4-11,13-15H,12H2,1-3H3,(H,20,22)/t14-,15-/m1/s1. The number of pyridine rings is 1. The maximum atomic E-state index is 12.3. The number of nitrogens with one attached hydrogen (secondary N) is 1. The van der Waals surface area contributed by atoms with Crippen LogP contribution in [0.2, 0.25) is 0 Å². The van der Waals surface area contributed by atoms with Crippen LogP contribution >= 0.6 is 11.8 Å². The first kappa shape index (κ1) is 17.3. The number of carbonyl (C=O) groups is 1. The first-order valence-electron chi connectivity index (χ1n) is 7.70. The minimum absolute atomic E-state index is 0.0132. The number of aromatic nitrogens is 1. The van der Waals surface area contributed by atoms with Crippen molar-refractivity contribution in [2.75, 3.05) is 13.6 Å². The van der Waals surface area contributed by atoms with E-state index in [2.05, 4.69) is 29.4 Å². The van der Waals surface area contributed by atoms with Gasteiger partial charge in [-0.3, -0.25) is 4.98 Å². The lowest BCUT2D eigenvalue weighted by Crippen LogP contribution is -2.41. The number of thioether (sulfide) groups is 1. The van der Waals surface area contributed by atoms with Gasteiger partial charge >= 0.3 is 6.03 Å². The van der Waals surface area contributed by atoms with Gasteiger partial charge in [-0.1, -0.05) is 31.2 Å². The topological polar surface area (TPSA) is 45.2 Å². The molecule has 0 spiro atoms. The molecular weight excluding hydrogens is 306 g/mol. The third kappa shape index (κ3) is 5.28. The molecule has 0 unspecified atom stereocenters. The fraction of sp³-hybridized carbons (Fsp3) is 0.333. The Morgan fingerprint density at radius 3 is 2.61 bits per heavy atom. The van der Waals surface area contributed by atoms with Crippen molar-refractivity contribution in [3.05, 3.63) is 60.4 Å². The van der Waals surface area contributed by atoms with Gasteiger partial charge in [-0.2, -0.15) is 0 Å². The summed E-state index contributed by atoms with van der Waals surface area (Å²) < 4.78 is 0. The molecule has 0 bridgehead atoms. The fourth-order valence-electron chi connectivity index (χ4n) is 2.15. The largest absolute Gasteiger partial charge is 0.337 e. The van der Waals surface area contributed by atoms with Crippen molar-refractivity contribution in [1.29, 1.82) is 0 Å². The molecule has 2 aromatic rings. The summed E-state index contributed by atoms with van der Waals surface area (Å²) in [6.45, 7) is 4.74. The summed E-state index contributed by atoms with van der Waals surface area (Å²) >= 11 is 1.76. The van der Waals surface area contributed by atoms with Crippen molar-refractivity contribution in [2.24, 2.45) is 0 Å². The molecule has 122 valence electrons. The van der Waals surface area contributed by atoms with Gasteiger partial charge in [-0.15, -0.1) is 11.8 Å². The normalized spacial score (nSPS) is 13.2. The van der Waals surface area contributed by atoms with E-state index in [0.29, 0.717) is 11.8 Å². The highest BCUT2D eigenvalue weighted by molar-refractivity contribution is 8.00. The van der Waals surface area contributed by atoms with Crippen molar-refractivity contribution in [1.82, 2.24) is 15.2 Å². The van der Waals surface area contributed by atoms with E-state index >= 15 is 0 Å². The van der Waals surface area contributed by atoms with Gasteiger partial charge in [0.15, 0.2) is 0 Å². The van der Waals surface area contributed by atoms with Crippen LogP contribution in [0.1, 0.15) is 25.5 Å². The first-order valence-corrected chi connectivity index (χ1v) is 8.58. The molecule has 4 nitrogen and oxygen atoms in total. The lowest BCUT2D eigenvalue weighted by Gasteiger charge is -2.26. The highest BCUT2D eigenvalue weighted by atomic mass is 32.2. The summed E-state index contributed by atoms with van der Waals surface area (Å²) in [6.07, 6.45) is 3.53. The molecular formula is C18H23N3OS. The smallest absolute Gasteiger partial charge is 0.317 e. The van der Waals surface area contributed by atoms with E-state index in [1.807, 2.05) is 44.3 Å². The molecule has 0 radical (unpaired) electrons. The maximum absolute atomic E-state index is 12.3. The molecule has 2 rings (SSSR count). The number of carbonyl (C=O) groups excluding carboxylic acids is 1. The first-order chi connectivity index (χ1) is 11.1. The van der Waals surface area contributed by atoms with E-state index < -0.39 is 0 Å². The molecule has 2 amide bonds. The van der Waals surface area contributed by atoms with Gasteiger partial charge in [0.05, 0.1) is 6.04 Å². The minimum Gasteiger partial charge on any atom is -0.337 e. The zero-order valence-corrected chi connectivity index (χ0v) is 14.6. The summed E-state index contributed by atoms with van der Waals surface area (Å²) in [4.78, 5) is 19.3. The van der Waals surface area contributed by atoms with Gasteiger partial charge in [0.25, 0.3) is 0 Å². The van der Waals surface area contributed by atoms with Crippen molar-refractivity contribution < 1.29 is 4.79 Å². The van der Waals surface area contributed by atoms with Gasteiger partial charge in [-0.05, 0) is 30.7 Å². The molecule has 0 fully saturated rings. The van der Waals surface area contributed by atoms with Crippen molar-refractivity contribution in [2.45, 2.75) is 30.0 Å². The van der Waals surface area contributed by atoms with Crippen LogP contribution in [-0.2, 0) is 0 Å². The van der Waals surface area contributed by atoms with Crippen LogP contribution in [0, 0.1) is 0 Å². The SMILES string of the molecule is C[C@H](CNC(=O)N(C)[C@H](C)c1cccnc1)Sc1ccccc1. The van der Waals surface area contributed by atoms with E-state index in [0.717, 1.165) is 5.56 Å². The number of nitrogens with zero attached hydrogens (tertiary/aromatic N) is 2. The minimum atomic E-state index is -0.0677. The summed E-state index contributed by atoms with van der Waals surface area (Å²) in [5.41, 5.74) is 1.02. The van der Waals surface area contributed by atoms with E-state index in [1.54, 1.807) is 29.1 Å². The Hall–Kier alpha value is -2.01. The number of amides is 2. The summed E-state index contributed by atoms with van der Waals surface area (Å²) in [6, 6.07) is 14.0. The number of hydrogen-bond donors (Lipinski definition) is 1. The quantitative estimate of drug-likeness (QED) is 0.816. The van der Waals surface area contributed by atoms with E-state index in [-0.39, 0.29) is 12.1 Å². The Kier molecular flexibility index (Phi) is 6.47. The molecule has 1 N–H and O–H groups in total. The van der Waals surface area contributed by atoms with E-state index in [4.69, 9.17) is 0 Å². The third-order valence-electron chi connectivity index (χ3n) is 3.69. The van der Waals surface area contributed by atoms with Crippen LogP contribution in [0.3, 0.4) is 0 Å². The molecule has 5 heteroatoms. The van der Waals surface area contributed by atoms with Gasteiger partial charge < -0.3 is 10.2 Å². The van der Waals surface area contributed by atoms with Crippen LogP contribution in [0.4, 0.5) is 4.79 Å². The Labute approximate surface area is 142 Å². The Bertz CT molecular complexity index is 606. The molecule has 0 aliphatic carbocycles. The second kappa shape index (κ2) is 8.58. The molecule has 0 saturated carbocycles. The van der Waals surface area contributed by atoms with Crippen LogP contribution in [0.25, 0.3) is 0 Å². The molecule has 0 saturated heterocycles. The van der Waals surface area contributed by atoms with Crippen LogP contribution in [-0.4, -0.2) is 34.8 Å². The van der Waals surface area contributed by atoms with E-state index in [9.17, 15) is 4.79 Å². The van der Waals surface area contributed by atoms with Crippen LogP contribution in [0.15, 0.2) is 59.8 Å². The number of urea groups is 1. The summed E-state index contributed by atoms with van der Waals surface area (Å²) in [7, 11) is 1.81. The third-order valence-corrected chi connectivity index (χ3v) is 4.80. The zero-order valence-electron chi connectivity index (χ0n) is 13.8. The molecule has 2 atom stereocenters. The molecule has 0 aliphatic heterocycles. The van der Waals surface area contributed by atoms with Crippen LogP contribution < -0.4 is 5.32 Å². The van der Waals surface area contributed by atoms with Crippen molar-refractivity contribution in [3.8, 4) is 0 Å². The molecule has 1 heterocycles. The predicted octanol–water partition coefficient (Wildman–Crippen LogP) is 3.96. The van der Waals surface area contributed by atoms with E-state index in [1.165, 1.54) is 4.90 Å². The number of hydrogen-bond acceptors (Lipinski definition) is 3. The van der Waals surface area contributed by atoms with Gasteiger partial charge in [0.2, 0.25) is 0 Å². The second-order valence-corrected chi connectivity index (χ2v) is 7.01. The Morgan fingerprint density at radius 1 is 1.22 bits per heavy atom. The fourth-order valence-corrected chi connectivity index (χ4v) is 3.10. The zero-order chi connectivity index (χ0) is 16.7. The highest BCUT2D eigenvalue weighted by Crippen LogP contribution is 2.22. The average molecular weight is 329 g/mol. The van der Waals surface area contributed by atoms with Crippen molar-refractivity contribution in [3.63, 3.8) is 0 Å². The Morgan fingerprint density at radius 2 is 1.96 bits per heavy atom. The number of benzene rings is 1. The molecule has 1 aromatic heterocycles. The monoisotopic (exact) mass is 329 g/mol. The van der Waals surface area contributed by atoms with Gasteiger partial charge in [0, 0.05) is 36.1 Å². The lowest BCUT2D eigenvalue weighted by molar-refractivity contribution is 0.194. The lowest BCUT2D eigenvalue weighted by atomic mass is 10.1. The maximum Gasteiger partial charge on any atom is 0.317 e. The predicted molar refractivity (Wildman–Crippen MR) is 95.6 cm³/mol. The average Bonchev–Trinajstić information content (AvgIpc) is 2.60. The molecule has 1 aromatic carbocycles.